The minimum absolute atomic E-state index is 0.691. The number of hydrogen-bond acceptors (Lipinski definition) is 3. The first kappa shape index (κ1) is 13.0. The summed E-state index contributed by atoms with van der Waals surface area (Å²) in [5, 5.41) is 10.6. The summed E-state index contributed by atoms with van der Waals surface area (Å²) in [5.41, 5.74) is 3.86. The van der Waals surface area contributed by atoms with Gasteiger partial charge in [-0.1, -0.05) is 30.3 Å². The third-order valence-corrected chi connectivity index (χ3v) is 3.79. The van der Waals surface area contributed by atoms with E-state index in [0.717, 1.165) is 34.6 Å². The maximum Gasteiger partial charge on any atom is 0.128 e. The number of aliphatic hydroxyl groups is 1. The van der Waals surface area contributed by atoms with Crippen molar-refractivity contribution in [2.24, 2.45) is 0 Å². The molecule has 20 heavy (non-hydrogen) atoms. The monoisotopic (exact) mass is 270 g/mol. The maximum atomic E-state index is 10.6. The Morgan fingerprint density at radius 1 is 1.25 bits per heavy atom. The summed E-state index contributed by atoms with van der Waals surface area (Å²) >= 11 is 0. The molecule has 0 saturated heterocycles. The number of methoxy groups -OCH3 is 1. The Balaban J connectivity index is 2.01. The molecule has 1 aliphatic rings. The van der Waals surface area contributed by atoms with Crippen LogP contribution in [-0.4, -0.2) is 18.8 Å². The lowest BCUT2D eigenvalue weighted by Gasteiger charge is -2.16. The molecule has 1 unspecified atom stereocenters. The molecule has 0 amide bonds. The molecule has 0 aromatic heterocycles. The van der Waals surface area contributed by atoms with E-state index in [0.29, 0.717) is 6.61 Å². The highest BCUT2D eigenvalue weighted by Gasteiger charge is 2.22. The molecule has 1 heterocycles. The summed E-state index contributed by atoms with van der Waals surface area (Å²) in [7, 11) is 1.64. The van der Waals surface area contributed by atoms with E-state index >= 15 is 0 Å². The van der Waals surface area contributed by atoms with Crippen molar-refractivity contribution < 1.29 is 14.6 Å². The standard InChI is InChI=1S/C17H18O3/c1-11-6-7-13(10-15(11)19-2)16(18)14-5-3-4-12-8-9-20-17(12)14/h3-7,10,16,18H,8-9H2,1-2H3. The Bertz CT molecular complexity index is 634. The van der Waals surface area contributed by atoms with Gasteiger partial charge in [-0.2, -0.15) is 0 Å². The molecule has 0 fully saturated rings. The van der Waals surface area contributed by atoms with Crippen molar-refractivity contribution in [3.8, 4) is 11.5 Å². The maximum absolute atomic E-state index is 10.6. The molecular weight excluding hydrogens is 252 g/mol. The Hall–Kier alpha value is -2.00. The van der Waals surface area contributed by atoms with Crippen LogP contribution in [0.1, 0.15) is 28.4 Å². The second-order valence-corrected chi connectivity index (χ2v) is 5.07. The van der Waals surface area contributed by atoms with Gasteiger partial charge in [-0.25, -0.2) is 0 Å². The van der Waals surface area contributed by atoms with Crippen LogP contribution in [-0.2, 0) is 6.42 Å². The van der Waals surface area contributed by atoms with Gasteiger partial charge in [0, 0.05) is 12.0 Å². The lowest BCUT2D eigenvalue weighted by atomic mass is 9.97. The fraction of sp³-hybridized carbons (Fsp3) is 0.294. The van der Waals surface area contributed by atoms with E-state index < -0.39 is 6.10 Å². The Labute approximate surface area is 118 Å². The topological polar surface area (TPSA) is 38.7 Å². The zero-order valence-electron chi connectivity index (χ0n) is 11.7. The van der Waals surface area contributed by atoms with Crippen LogP contribution >= 0.6 is 0 Å². The van der Waals surface area contributed by atoms with Crippen LogP contribution in [0.3, 0.4) is 0 Å². The molecule has 0 saturated carbocycles. The predicted molar refractivity (Wildman–Crippen MR) is 77.4 cm³/mol. The minimum Gasteiger partial charge on any atom is -0.496 e. The lowest BCUT2D eigenvalue weighted by molar-refractivity contribution is 0.213. The highest BCUT2D eigenvalue weighted by atomic mass is 16.5. The highest BCUT2D eigenvalue weighted by molar-refractivity contribution is 5.49. The third kappa shape index (κ3) is 2.14. The van der Waals surface area contributed by atoms with Gasteiger partial charge in [-0.05, 0) is 29.7 Å². The number of rotatable bonds is 3. The zero-order valence-corrected chi connectivity index (χ0v) is 11.7. The third-order valence-electron chi connectivity index (χ3n) is 3.79. The molecule has 3 rings (SSSR count). The molecule has 2 aromatic carbocycles. The largest absolute Gasteiger partial charge is 0.496 e. The second-order valence-electron chi connectivity index (χ2n) is 5.07. The predicted octanol–water partition coefficient (Wildman–Crippen LogP) is 3.02. The summed E-state index contributed by atoms with van der Waals surface area (Å²) in [6.07, 6.45) is 0.213. The first-order valence-electron chi connectivity index (χ1n) is 6.78. The number of hydrogen-bond donors (Lipinski definition) is 1. The zero-order chi connectivity index (χ0) is 14.1. The van der Waals surface area contributed by atoms with Gasteiger partial charge in [-0.3, -0.25) is 0 Å². The van der Waals surface area contributed by atoms with Crippen LogP contribution < -0.4 is 9.47 Å². The van der Waals surface area contributed by atoms with Crippen LogP contribution in [0, 0.1) is 6.92 Å². The fourth-order valence-electron chi connectivity index (χ4n) is 2.64. The molecule has 3 heteroatoms. The van der Waals surface area contributed by atoms with Gasteiger partial charge in [0.2, 0.25) is 0 Å². The van der Waals surface area contributed by atoms with E-state index in [2.05, 4.69) is 0 Å². The van der Waals surface area contributed by atoms with Gasteiger partial charge < -0.3 is 14.6 Å². The van der Waals surface area contributed by atoms with Crippen molar-refractivity contribution in [2.75, 3.05) is 13.7 Å². The molecule has 2 aromatic rings. The number of benzene rings is 2. The average molecular weight is 270 g/mol. The van der Waals surface area contributed by atoms with Crippen molar-refractivity contribution in [1.82, 2.24) is 0 Å². The number of ether oxygens (including phenoxy) is 2. The molecule has 0 aliphatic carbocycles. The molecule has 104 valence electrons. The van der Waals surface area contributed by atoms with Crippen LogP contribution in [0.25, 0.3) is 0 Å². The highest BCUT2D eigenvalue weighted by Crippen LogP contribution is 2.37. The smallest absolute Gasteiger partial charge is 0.128 e. The van der Waals surface area contributed by atoms with Crippen LogP contribution in [0.2, 0.25) is 0 Å². The minimum atomic E-state index is -0.697. The number of fused-ring (bicyclic) bond motifs is 1. The normalized spacial score (nSPS) is 14.6. The van der Waals surface area contributed by atoms with Crippen LogP contribution in [0.15, 0.2) is 36.4 Å². The lowest BCUT2D eigenvalue weighted by Crippen LogP contribution is -2.03. The van der Waals surface area contributed by atoms with Crippen LogP contribution in [0.4, 0.5) is 0 Å². The summed E-state index contributed by atoms with van der Waals surface area (Å²) in [6.45, 7) is 2.68. The second kappa shape index (κ2) is 5.17. The van der Waals surface area contributed by atoms with Gasteiger partial charge >= 0.3 is 0 Å². The van der Waals surface area contributed by atoms with Gasteiger partial charge in [0.15, 0.2) is 0 Å². The summed E-state index contributed by atoms with van der Waals surface area (Å²) in [5.74, 6) is 1.62. The van der Waals surface area contributed by atoms with Crippen molar-refractivity contribution in [3.05, 3.63) is 58.7 Å². The molecule has 3 nitrogen and oxygen atoms in total. The molecule has 1 N–H and O–H groups in total. The van der Waals surface area contributed by atoms with E-state index in [9.17, 15) is 5.11 Å². The first-order chi connectivity index (χ1) is 9.70. The molecule has 1 atom stereocenters. The van der Waals surface area contributed by atoms with Gasteiger partial charge in [0.1, 0.15) is 17.6 Å². The molecule has 1 aliphatic heterocycles. The molecule has 0 spiro atoms. The van der Waals surface area contributed by atoms with Gasteiger partial charge in [0.25, 0.3) is 0 Å². The van der Waals surface area contributed by atoms with E-state index in [1.165, 1.54) is 5.56 Å². The Kier molecular flexibility index (Phi) is 3.36. The number of aryl methyl sites for hydroxylation is 1. The fourth-order valence-corrected chi connectivity index (χ4v) is 2.64. The van der Waals surface area contributed by atoms with Crippen molar-refractivity contribution in [2.45, 2.75) is 19.4 Å². The first-order valence-corrected chi connectivity index (χ1v) is 6.78. The SMILES string of the molecule is COc1cc(C(O)c2cccc3c2OCC3)ccc1C. The van der Waals surface area contributed by atoms with Crippen LogP contribution in [0.5, 0.6) is 11.5 Å². The molecule has 0 bridgehead atoms. The Morgan fingerprint density at radius 2 is 2.10 bits per heavy atom. The summed E-state index contributed by atoms with van der Waals surface area (Å²) < 4.78 is 11.0. The van der Waals surface area contributed by atoms with E-state index in [1.807, 2.05) is 43.3 Å². The average Bonchev–Trinajstić information content (AvgIpc) is 2.95. The summed E-state index contributed by atoms with van der Waals surface area (Å²) in [4.78, 5) is 0. The number of aliphatic hydroxyl groups excluding tert-OH is 1. The van der Waals surface area contributed by atoms with Crippen molar-refractivity contribution in [1.29, 1.82) is 0 Å². The number of para-hydroxylation sites is 1. The van der Waals surface area contributed by atoms with Crippen molar-refractivity contribution >= 4 is 0 Å². The Morgan fingerprint density at radius 3 is 2.90 bits per heavy atom. The van der Waals surface area contributed by atoms with Crippen molar-refractivity contribution in [3.63, 3.8) is 0 Å². The van der Waals surface area contributed by atoms with Gasteiger partial charge in [-0.15, -0.1) is 0 Å². The molecule has 0 radical (unpaired) electrons. The van der Waals surface area contributed by atoms with E-state index in [4.69, 9.17) is 9.47 Å². The summed E-state index contributed by atoms with van der Waals surface area (Å²) in [6, 6.07) is 11.7. The van der Waals surface area contributed by atoms with E-state index in [1.54, 1.807) is 7.11 Å². The van der Waals surface area contributed by atoms with Gasteiger partial charge in [0.05, 0.1) is 13.7 Å². The van der Waals surface area contributed by atoms with E-state index in [-0.39, 0.29) is 0 Å². The molecular formula is C17H18O3. The quantitative estimate of drug-likeness (QED) is 0.931.